The van der Waals surface area contributed by atoms with E-state index in [2.05, 4.69) is 15.5 Å². The highest BCUT2D eigenvalue weighted by molar-refractivity contribution is 8.00. The van der Waals surface area contributed by atoms with Gasteiger partial charge in [0.1, 0.15) is 17.4 Å². The van der Waals surface area contributed by atoms with Crippen molar-refractivity contribution in [3.05, 3.63) is 11.1 Å². The maximum absolute atomic E-state index is 12.1. The number of thiazole rings is 1. The normalized spacial score (nSPS) is 25.3. The third kappa shape index (κ3) is 5.53. The summed E-state index contributed by atoms with van der Waals surface area (Å²) >= 11 is 2.60. The van der Waals surface area contributed by atoms with Gasteiger partial charge in [0, 0.05) is 11.1 Å². The molecule has 14 nitrogen and oxygen atoms in total. The van der Waals surface area contributed by atoms with Crippen molar-refractivity contribution < 1.29 is 43.8 Å². The van der Waals surface area contributed by atoms with E-state index >= 15 is 0 Å². The second kappa shape index (κ2) is 11.6. The van der Waals surface area contributed by atoms with Crippen LogP contribution in [0.2, 0.25) is 0 Å². The van der Waals surface area contributed by atoms with Gasteiger partial charge in [-0.25, -0.2) is 14.6 Å². The van der Waals surface area contributed by atoms with Crippen LogP contribution in [0.5, 0.6) is 0 Å². The number of β-lactam (4-membered cyclic amide) rings is 1. The van der Waals surface area contributed by atoms with Gasteiger partial charge < -0.3 is 30.8 Å². The number of oxime groups is 1. The first-order valence-corrected chi connectivity index (χ1v) is 12.5. The lowest BCUT2D eigenvalue weighted by molar-refractivity contribution is -0.219. The predicted molar refractivity (Wildman–Crippen MR) is 129 cm³/mol. The van der Waals surface area contributed by atoms with Crippen LogP contribution in [-0.4, -0.2) is 90.9 Å². The first-order valence-electron chi connectivity index (χ1n) is 10.5. The summed E-state index contributed by atoms with van der Waals surface area (Å²) in [5.74, 6) is -2.54. The minimum absolute atomic E-state index is 0.0491. The highest BCUT2D eigenvalue weighted by Gasteiger charge is 2.67. The van der Waals surface area contributed by atoms with Crippen LogP contribution in [0.3, 0.4) is 0 Å². The zero-order valence-electron chi connectivity index (χ0n) is 19.9. The van der Waals surface area contributed by atoms with Crippen molar-refractivity contribution >= 4 is 64.7 Å². The van der Waals surface area contributed by atoms with Gasteiger partial charge in [-0.2, -0.15) is 0 Å². The number of hydrogen-bond donors (Lipinski definition) is 4. The summed E-state index contributed by atoms with van der Waals surface area (Å²) in [6.45, 7) is 6.32. The Morgan fingerprint density at radius 1 is 1.42 bits per heavy atom. The standard InChI is InChI=1S/C11H14N2O6S.C9H13N3O3S/c1-2-7-11(10(17)18,19-5-15)13-6(3-20-7)8(9(13)16)12-4-14;1-5(6-4-16-8(10)11-6)12-15-9(2,3)7(13)14/h4-8H,2-3H2,1H3,(H,12,14)(H,17,18);4H,1-3H3,(H2,10,11)(H,13,14)/b;12-5+. The Labute approximate surface area is 214 Å². The molecule has 0 aromatic carbocycles. The molecular weight excluding hydrogens is 518 g/mol. The number of fused-ring (bicyclic) bond motifs is 1. The Morgan fingerprint density at radius 3 is 2.56 bits per heavy atom. The molecule has 0 bridgehead atoms. The summed E-state index contributed by atoms with van der Waals surface area (Å²) in [5.41, 5.74) is 3.18. The maximum Gasteiger partial charge on any atom is 0.371 e. The number of carbonyl (C=O) groups excluding carboxylic acids is 3. The Kier molecular flexibility index (Phi) is 9.26. The van der Waals surface area contributed by atoms with Gasteiger partial charge in [0.25, 0.3) is 18.1 Å². The van der Waals surface area contributed by atoms with Crippen molar-refractivity contribution in [2.75, 3.05) is 11.5 Å². The monoisotopic (exact) mass is 545 g/mol. The number of nitrogens with zero attached hydrogens (tertiary/aromatic N) is 3. The van der Waals surface area contributed by atoms with Crippen LogP contribution < -0.4 is 11.1 Å². The summed E-state index contributed by atoms with van der Waals surface area (Å²) < 4.78 is 4.85. The topological polar surface area (TPSA) is 211 Å². The van der Waals surface area contributed by atoms with Gasteiger partial charge >= 0.3 is 11.9 Å². The lowest BCUT2D eigenvalue weighted by Crippen LogP contribution is -2.83. The molecule has 198 valence electrons. The number of nitrogens with one attached hydrogen (secondary N) is 1. The number of amides is 2. The van der Waals surface area contributed by atoms with Crippen molar-refractivity contribution in [2.24, 2.45) is 5.16 Å². The highest BCUT2D eigenvalue weighted by Crippen LogP contribution is 2.45. The van der Waals surface area contributed by atoms with Crippen LogP contribution in [0.4, 0.5) is 5.13 Å². The molecule has 2 aliphatic heterocycles. The fraction of sp³-hybridized carbons (Fsp3) is 0.550. The molecule has 4 atom stereocenters. The fourth-order valence-electron chi connectivity index (χ4n) is 3.48. The average Bonchev–Trinajstić information content (AvgIpc) is 3.27. The SMILES string of the molecule is C/C(=N\OC(C)(C)C(=O)O)c1csc(N)n1.CCC1SCC2C(NC=O)C(=O)N2C1(OC=O)C(=O)O. The number of thioether (sulfide) groups is 1. The van der Waals surface area contributed by atoms with Gasteiger partial charge in [0.15, 0.2) is 5.13 Å². The van der Waals surface area contributed by atoms with Crippen molar-refractivity contribution in [1.29, 1.82) is 0 Å². The minimum atomic E-state index is -2.00. The largest absolute Gasteiger partial charge is 0.478 e. The summed E-state index contributed by atoms with van der Waals surface area (Å²) in [6.07, 6.45) is 0.826. The van der Waals surface area contributed by atoms with Crippen LogP contribution in [0.15, 0.2) is 10.5 Å². The van der Waals surface area contributed by atoms with Crippen LogP contribution in [-0.2, 0) is 33.5 Å². The van der Waals surface area contributed by atoms with Crippen LogP contribution in [0, 0.1) is 0 Å². The van der Waals surface area contributed by atoms with Crippen molar-refractivity contribution in [2.45, 2.75) is 62.8 Å². The van der Waals surface area contributed by atoms with E-state index in [-0.39, 0.29) is 6.47 Å². The Hall–Kier alpha value is -3.40. The van der Waals surface area contributed by atoms with E-state index in [1.807, 2.05) is 0 Å². The molecule has 3 rings (SSSR count). The van der Waals surface area contributed by atoms with E-state index < -0.39 is 46.5 Å². The quantitative estimate of drug-likeness (QED) is 0.134. The van der Waals surface area contributed by atoms with E-state index in [1.165, 1.54) is 36.9 Å². The molecule has 2 fully saturated rings. The molecule has 36 heavy (non-hydrogen) atoms. The van der Waals surface area contributed by atoms with Gasteiger partial charge in [-0.1, -0.05) is 12.1 Å². The second-order valence-corrected chi connectivity index (χ2v) is 10.3. The van der Waals surface area contributed by atoms with E-state index in [4.69, 9.17) is 20.4 Å². The van der Waals surface area contributed by atoms with Crippen LogP contribution >= 0.6 is 23.1 Å². The third-order valence-corrected chi connectivity index (χ3v) is 7.72. The number of aliphatic carboxylic acids is 2. The molecular formula is C20H27N5O9S2. The van der Waals surface area contributed by atoms with Gasteiger partial charge in [-0.3, -0.25) is 19.3 Å². The number of carboxylic acid groups (broad SMARTS) is 2. The zero-order chi connectivity index (χ0) is 27.3. The zero-order valence-corrected chi connectivity index (χ0v) is 21.5. The van der Waals surface area contributed by atoms with E-state index in [0.29, 0.717) is 35.1 Å². The Morgan fingerprint density at radius 2 is 2.08 bits per heavy atom. The van der Waals surface area contributed by atoms with Gasteiger partial charge in [0.05, 0.1) is 11.3 Å². The molecule has 0 saturated carbocycles. The number of carbonyl (C=O) groups is 5. The molecule has 1 aromatic heterocycles. The summed E-state index contributed by atoms with van der Waals surface area (Å²) in [4.78, 5) is 65.7. The molecule has 2 saturated heterocycles. The van der Waals surface area contributed by atoms with Crippen molar-refractivity contribution in [3.63, 3.8) is 0 Å². The van der Waals surface area contributed by atoms with E-state index in [1.54, 1.807) is 19.2 Å². The van der Waals surface area contributed by atoms with Crippen molar-refractivity contribution in [1.82, 2.24) is 15.2 Å². The number of nitrogens with two attached hydrogens (primary N) is 1. The lowest BCUT2D eigenvalue weighted by atomic mass is 9.89. The minimum Gasteiger partial charge on any atom is -0.478 e. The molecule has 1 aromatic rings. The fourth-order valence-corrected chi connectivity index (χ4v) is 5.59. The summed E-state index contributed by atoms with van der Waals surface area (Å²) in [6, 6.07) is -1.25. The summed E-state index contributed by atoms with van der Waals surface area (Å²) in [5, 5.41) is 26.0. The number of hydrogen-bond acceptors (Lipinski definition) is 12. The lowest BCUT2D eigenvalue weighted by Gasteiger charge is -2.58. The molecule has 0 aliphatic carbocycles. The number of nitrogen functional groups attached to an aromatic ring is 1. The molecule has 3 heterocycles. The number of rotatable bonds is 10. The van der Waals surface area contributed by atoms with Crippen LogP contribution in [0.1, 0.15) is 39.8 Å². The molecule has 4 unspecified atom stereocenters. The summed E-state index contributed by atoms with van der Waals surface area (Å²) in [7, 11) is 0. The molecule has 2 amide bonds. The van der Waals surface area contributed by atoms with Crippen LogP contribution in [0.25, 0.3) is 0 Å². The number of carboxylic acids is 2. The van der Waals surface area contributed by atoms with E-state index in [0.717, 1.165) is 4.90 Å². The maximum atomic E-state index is 12.1. The third-order valence-electron chi connectivity index (χ3n) is 5.45. The Balaban J connectivity index is 0.000000261. The highest BCUT2D eigenvalue weighted by atomic mass is 32.2. The van der Waals surface area contributed by atoms with Gasteiger partial charge in [-0.15, -0.1) is 23.1 Å². The Bertz CT molecular complexity index is 1050. The first kappa shape index (κ1) is 28.8. The van der Waals surface area contributed by atoms with Gasteiger partial charge in [-0.05, 0) is 27.2 Å². The second-order valence-electron chi connectivity index (χ2n) is 8.14. The van der Waals surface area contributed by atoms with Gasteiger partial charge in [0.2, 0.25) is 12.0 Å². The average molecular weight is 546 g/mol. The van der Waals surface area contributed by atoms with E-state index in [9.17, 15) is 29.1 Å². The molecule has 0 radical (unpaired) electrons. The molecule has 2 aliphatic rings. The molecule has 0 spiro atoms. The number of aromatic nitrogens is 1. The first-order chi connectivity index (χ1) is 16.9. The number of anilines is 1. The van der Waals surface area contributed by atoms with Crippen molar-refractivity contribution in [3.8, 4) is 0 Å². The predicted octanol–water partition coefficient (Wildman–Crippen LogP) is 0.120. The molecule has 5 N–H and O–H groups in total. The molecule has 16 heteroatoms. The number of ether oxygens (including phenoxy) is 1. The smallest absolute Gasteiger partial charge is 0.371 e.